The summed E-state index contributed by atoms with van der Waals surface area (Å²) < 4.78 is 0. The summed E-state index contributed by atoms with van der Waals surface area (Å²) in [6, 6.07) is 7.97. The highest BCUT2D eigenvalue weighted by Gasteiger charge is 1.89. The smallest absolute Gasteiger partial charge is 0.0625 e. The molecule has 56 valence electrons. The van der Waals surface area contributed by atoms with E-state index in [1.165, 1.54) is 5.56 Å². The molecule has 1 nitrogen and oxygen atoms in total. The summed E-state index contributed by atoms with van der Waals surface area (Å²) in [5.41, 5.74) is 2.15. The minimum absolute atomic E-state index is 0.892. The van der Waals surface area contributed by atoms with E-state index in [9.17, 15) is 0 Å². The van der Waals surface area contributed by atoms with E-state index >= 15 is 0 Å². The maximum absolute atomic E-state index is 3.83. The second kappa shape index (κ2) is 3.71. The Balaban J connectivity index is 2.90. The number of aliphatic imine (C=N–C) groups is 1. The second-order valence-corrected chi connectivity index (χ2v) is 2.32. The van der Waals surface area contributed by atoms with E-state index in [-0.39, 0.29) is 0 Å². The molecule has 0 aliphatic heterocycles. The van der Waals surface area contributed by atoms with E-state index in [0.29, 0.717) is 0 Å². The van der Waals surface area contributed by atoms with Gasteiger partial charge in [-0.3, -0.25) is 4.99 Å². The van der Waals surface area contributed by atoms with Crippen molar-refractivity contribution in [3.05, 3.63) is 42.5 Å². The van der Waals surface area contributed by atoms with Gasteiger partial charge in [-0.25, -0.2) is 0 Å². The summed E-state index contributed by atoms with van der Waals surface area (Å²) in [7, 11) is 0. The van der Waals surface area contributed by atoms with E-state index in [2.05, 4.69) is 24.4 Å². The molecule has 0 N–H and O–H groups in total. The van der Waals surface area contributed by atoms with Crippen LogP contribution in [0.3, 0.4) is 0 Å². The van der Waals surface area contributed by atoms with Crippen molar-refractivity contribution in [3.8, 4) is 0 Å². The van der Waals surface area contributed by atoms with Gasteiger partial charge in [0.2, 0.25) is 0 Å². The number of rotatable bonds is 3. The Hall–Kier alpha value is -1.37. The van der Waals surface area contributed by atoms with Gasteiger partial charge in [0.15, 0.2) is 0 Å². The van der Waals surface area contributed by atoms with Crippen LogP contribution in [0, 0.1) is 0 Å². The highest BCUT2D eigenvalue weighted by Crippen LogP contribution is 2.13. The molecule has 0 amide bonds. The minimum Gasteiger partial charge on any atom is -0.265 e. The maximum atomic E-state index is 3.83. The molecule has 1 rings (SSSR count). The van der Waals surface area contributed by atoms with Crippen LogP contribution in [0.15, 0.2) is 41.9 Å². The largest absolute Gasteiger partial charge is 0.265 e. The number of allylic oxidation sites excluding steroid dienone is 1. The molecule has 0 saturated heterocycles. The predicted molar refractivity (Wildman–Crippen MR) is 49.6 cm³/mol. The Bertz CT molecular complexity index is 263. The zero-order valence-electron chi connectivity index (χ0n) is 6.46. The first-order valence-corrected chi connectivity index (χ1v) is 3.53. The van der Waals surface area contributed by atoms with Crippen LogP contribution in [-0.4, -0.2) is 6.72 Å². The molecule has 0 spiro atoms. The first-order chi connectivity index (χ1) is 5.36. The van der Waals surface area contributed by atoms with Gasteiger partial charge in [0.25, 0.3) is 0 Å². The molecule has 0 heterocycles. The van der Waals surface area contributed by atoms with Crippen LogP contribution < -0.4 is 0 Å². The highest BCUT2D eigenvalue weighted by atomic mass is 14.7. The summed E-state index contributed by atoms with van der Waals surface area (Å²) in [6.45, 7) is 7.12. The molecule has 0 saturated carbocycles. The number of nitrogens with zero attached hydrogens (tertiary/aromatic N) is 1. The zero-order chi connectivity index (χ0) is 8.10. The molecule has 1 heteroatoms. The Labute approximate surface area is 67.1 Å². The summed E-state index contributed by atoms with van der Waals surface area (Å²) in [6.07, 6.45) is 2.77. The van der Waals surface area contributed by atoms with Gasteiger partial charge in [0.05, 0.1) is 5.69 Å². The lowest BCUT2D eigenvalue weighted by Crippen LogP contribution is -1.77. The van der Waals surface area contributed by atoms with E-state index in [0.717, 1.165) is 12.1 Å². The summed E-state index contributed by atoms with van der Waals surface area (Å²) >= 11 is 0. The van der Waals surface area contributed by atoms with Gasteiger partial charge in [0, 0.05) is 0 Å². The van der Waals surface area contributed by atoms with Crippen LogP contribution >= 0.6 is 0 Å². The van der Waals surface area contributed by atoms with Crippen LogP contribution in [0.25, 0.3) is 0 Å². The van der Waals surface area contributed by atoms with Crippen LogP contribution in [0.2, 0.25) is 0 Å². The number of benzene rings is 1. The van der Waals surface area contributed by atoms with E-state index in [4.69, 9.17) is 0 Å². The van der Waals surface area contributed by atoms with Crippen LogP contribution in [-0.2, 0) is 6.42 Å². The topological polar surface area (TPSA) is 12.4 Å². The van der Waals surface area contributed by atoms with Crippen molar-refractivity contribution in [1.29, 1.82) is 0 Å². The number of hydrogen-bond acceptors (Lipinski definition) is 1. The van der Waals surface area contributed by atoms with Gasteiger partial charge in [-0.05, 0) is 30.8 Å². The lowest BCUT2D eigenvalue weighted by Gasteiger charge is -1.96. The van der Waals surface area contributed by atoms with Crippen molar-refractivity contribution in [1.82, 2.24) is 0 Å². The first-order valence-electron chi connectivity index (χ1n) is 3.53. The summed E-state index contributed by atoms with van der Waals surface area (Å²) in [5, 5.41) is 0. The molecule has 0 aromatic heterocycles. The molecular weight excluding hydrogens is 134 g/mol. The van der Waals surface area contributed by atoms with Gasteiger partial charge in [-0.2, -0.15) is 0 Å². The first kappa shape index (κ1) is 7.73. The Morgan fingerprint density at radius 1 is 1.45 bits per heavy atom. The molecule has 0 aliphatic rings. The second-order valence-electron chi connectivity index (χ2n) is 2.32. The van der Waals surface area contributed by atoms with Crippen LogP contribution in [0.5, 0.6) is 0 Å². The monoisotopic (exact) mass is 145 g/mol. The van der Waals surface area contributed by atoms with Crippen molar-refractivity contribution < 1.29 is 0 Å². The minimum atomic E-state index is 0.892. The molecule has 1 aromatic carbocycles. The van der Waals surface area contributed by atoms with Gasteiger partial charge in [-0.1, -0.05) is 18.2 Å². The summed E-state index contributed by atoms with van der Waals surface area (Å²) in [4.78, 5) is 3.83. The quantitative estimate of drug-likeness (QED) is 0.458. The van der Waals surface area contributed by atoms with Gasteiger partial charge >= 0.3 is 0 Å². The third kappa shape index (κ3) is 2.04. The third-order valence-electron chi connectivity index (χ3n) is 1.47. The van der Waals surface area contributed by atoms with Crippen molar-refractivity contribution >= 4 is 12.4 Å². The van der Waals surface area contributed by atoms with Crippen molar-refractivity contribution in [2.75, 3.05) is 0 Å². The molecule has 0 bridgehead atoms. The van der Waals surface area contributed by atoms with Crippen LogP contribution in [0.1, 0.15) is 5.56 Å². The van der Waals surface area contributed by atoms with Crippen molar-refractivity contribution in [2.45, 2.75) is 6.42 Å². The van der Waals surface area contributed by atoms with Gasteiger partial charge in [0.1, 0.15) is 0 Å². The van der Waals surface area contributed by atoms with E-state index in [1.54, 1.807) is 0 Å². The van der Waals surface area contributed by atoms with Crippen molar-refractivity contribution in [2.24, 2.45) is 4.99 Å². The molecule has 0 radical (unpaired) electrons. The molecule has 0 fully saturated rings. The third-order valence-corrected chi connectivity index (χ3v) is 1.47. The lowest BCUT2D eigenvalue weighted by atomic mass is 10.1. The Kier molecular flexibility index (Phi) is 2.61. The average molecular weight is 145 g/mol. The molecular formula is C10H11N. The molecule has 1 aromatic rings. The predicted octanol–water partition coefficient (Wildman–Crippen LogP) is 2.75. The Morgan fingerprint density at radius 2 is 2.27 bits per heavy atom. The van der Waals surface area contributed by atoms with Crippen LogP contribution in [0.4, 0.5) is 5.69 Å². The summed E-state index contributed by atoms with van der Waals surface area (Å²) in [5.74, 6) is 0. The zero-order valence-corrected chi connectivity index (χ0v) is 6.46. The normalized spacial score (nSPS) is 9.09. The fourth-order valence-corrected chi connectivity index (χ4v) is 0.948. The fourth-order valence-electron chi connectivity index (χ4n) is 0.948. The fraction of sp³-hybridized carbons (Fsp3) is 0.100. The van der Waals surface area contributed by atoms with Crippen molar-refractivity contribution in [3.63, 3.8) is 0 Å². The highest BCUT2D eigenvalue weighted by molar-refractivity contribution is 5.47. The molecule has 0 atom stereocenters. The maximum Gasteiger partial charge on any atom is 0.0625 e. The van der Waals surface area contributed by atoms with Gasteiger partial charge < -0.3 is 0 Å². The number of hydrogen-bond donors (Lipinski definition) is 0. The standard InChI is InChI=1S/C10H11N/c1-3-5-9-6-4-7-10(8-9)11-2/h3-4,6-8H,1-2,5H2. The molecule has 0 aliphatic carbocycles. The van der Waals surface area contributed by atoms with Gasteiger partial charge in [-0.15, -0.1) is 6.58 Å². The molecule has 11 heavy (non-hydrogen) atoms. The van der Waals surface area contributed by atoms with E-state index in [1.807, 2.05) is 24.3 Å². The Morgan fingerprint density at radius 3 is 2.91 bits per heavy atom. The lowest BCUT2D eigenvalue weighted by molar-refractivity contribution is 1.27. The SMILES string of the molecule is C=CCc1cccc(N=C)c1. The molecule has 0 unspecified atom stereocenters. The van der Waals surface area contributed by atoms with E-state index < -0.39 is 0 Å². The average Bonchev–Trinajstić information content (AvgIpc) is 2.06.